The number of fused-ring (bicyclic) bond motifs is 1. The van der Waals surface area contributed by atoms with E-state index in [9.17, 15) is 5.26 Å². The zero-order valence-electron chi connectivity index (χ0n) is 16.9. The van der Waals surface area contributed by atoms with Gasteiger partial charge in [-0.1, -0.05) is 19.9 Å². The van der Waals surface area contributed by atoms with Gasteiger partial charge in [0.1, 0.15) is 6.04 Å². The lowest BCUT2D eigenvalue weighted by Crippen LogP contribution is -2.43. The van der Waals surface area contributed by atoms with Crippen LogP contribution in [0.3, 0.4) is 0 Å². The highest BCUT2D eigenvalue weighted by Gasteiger charge is 2.45. The minimum atomic E-state index is 0.270. The molecular formula is C21H36N3+. The van der Waals surface area contributed by atoms with Crippen molar-refractivity contribution in [1.29, 1.82) is 5.26 Å². The van der Waals surface area contributed by atoms with Crippen LogP contribution in [0.25, 0.3) is 0 Å². The largest absolute Gasteiger partial charge is 0.298 e. The van der Waals surface area contributed by atoms with Gasteiger partial charge in [0.25, 0.3) is 0 Å². The van der Waals surface area contributed by atoms with Crippen molar-refractivity contribution < 1.29 is 4.48 Å². The Bertz CT molecular complexity index is 536. The van der Waals surface area contributed by atoms with E-state index < -0.39 is 0 Å². The molecule has 0 radical (unpaired) electrons. The zero-order valence-corrected chi connectivity index (χ0v) is 16.9. The van der Waals surface area contributed by atoms with Crippen molar-refractivity contribution in [2.24, 2.45) is 5.92 Å². The second-order valence-corrected chi connectivity index (χ2v) is 7.60. The number of quaternary nitrogens is 1. The molecule has 1 heterocycles. The van der Waals surface area contributed by atoms with Crippen LogP contribution in [0.2, 0.25) is 0 Å². The molecule has 0 spiro atoms. The number of nitriles is 1. The molecule has 0 saturated carbocycles. The first kappa shape index (κ1) is 20.7. The van der Waals surface area contributed by atoms with E-state index in [-0.39, 0.29) is 5.92 Å². The minimum absolute atomic E-state index is 0.270. The van der Waals surface area contributed by atoms with Gasteiger partial charge in [-0.05, 0) is 51.8 Å². The number of allylic oxidation sites excluding steroid dienone is 2. The molecule has 0 aromatic heterocycles. The van der Waals surface area contributed by atoms with Gasteiger partial charge in [0.15, 0.2) is 0 Å². The number of rotatable bonds is 5. The van der Waals surface area contributed by atoms with Crippen molar-refractivity contribution in [1.82, 2.24) is 4.90 Å². The summed E-state index contributed by atoms with van der Waals surface area (Å²) in [4.78, 5) is 2.53. The molecule has 0 fully saturated rings. The molecule has 0 N–H and O–H groups in total. The molecule has 0 aromatic carbocycles. The molecule has 0 amide bonds. The van der Waals surface area contributed by atoms with Crippen LogP contribution in [-0.2, 0) is 0 Å². The van der Waals surface area contributed by atoms with Gasteiger partial charge >= 0.3 is 0 Å². The molecule has 3 heteroatoms. The standard InChI is InChI=1S/C19H30N3.C2H6/c1-14(2)21(15(3)4)11-10-17-13-22(5,6)18-9-7-8-16(12-20)19(17)18;1-2/h7-9,13-15,18-19H,10-11H2,1-6H3;1-2H3/q+1;. The fraction of sp³-hybridized carbons (Fsp3) is 0.667. The highest BCUT2D eigenvalue weighted by atomic mass is 15.3. The SMILES string of the molecule is CC.CC(C)N(CCC1=C[N+](C)(C)C2C=CC=C(C#N)C12)C(C)C. The third-order valence-corrected chi connectivity index (χ3v) is 5.04. The fourth-order valence-corrected chi connectivity index (χ4v) is 3.99. The predicted octanol–water partition coefficient (Wildman–Crippen LogP) is 4.50. The molecule has 0 bridgehead atoms. The van der Waals surface area contributed by atoms with Crippen LogP contribution < -0.4 is 0 Å². The van der Waals surface area contributed by atoms with E-state index >= 15 is 0 Å². The van der Waals surface area contributed by atoms with Gasteiger partial charge in [-0.15, -0.1) is 0 Å². The van der Waals surface area contributed by atoms with Crippen molar-refractivity contribution in [3.8, 4) is 6.07 Å². The molecule has 2 unspecified atom stereocenters. The van der Waals surface area contributed by atoms with Crippen molar-refractivity contribution in [2.75, 3.05) is 20.6 Å². The quantitative estimate of drug-likeness (QED) is 0.694. The van der Waals surface area contributed by atoms with Crippen molar-refractivity contribution in [3.05, 3.63) is 35.6 Å². The van der Waals surface area contributed by atoms with Crippen LogP contribution in [-0.4, -0.2) is 48.1 Å². The van der Waals surface area contributed by atoms with Crippen molar-refractivity contribution >= 4 is 0 Å². The van der Waals surface area contributed by atoms with Gasteiger partial charge in [0, 0.05) is 24.2 Å². The van der Waals surface area contributed by atoms with E-state index in [2.05, 4.69) is 65.0 Å². The Hall–Kier alpha value is -1.37. The van der Waals surface area contributed by atoms with E-state index in [0.717, 1.165) is 23.0 Å². The van der Waals surface area contributed by atoms with Gasteiger partial charge in [-0.25, -0.2) is 0 Å². The summed E-state index contributed by atoms with van der Waals surface area (Å²) in [5.74, 6) is 0.270. The van der Waals surface area contributed by atoms with E-state index in [1.54, 1.807) is 0 Å². The first-order valence-corrected chi connectivity index (χ1v) is 9.37. The highest BCUT2D eigenvalue weighted by molar-refractivity contribution is 5.41. The van der Waals surface area contributed by atoms with Crippen LogP contribution in [0.15, 0.2) is 35.6 Å². The van der Waals surface area contributed by atoms with E-state index in [1.165, 1.54) is 5.57 Å². The van der Waals surface area contributed by atoms with Gasteiger partial charge in [0.05, 0.1) is 32.3 Å². The van der Waals surface area contributed by atoms with Crippen LogP contribution in [0, 0.1) is 17.2 Å². The molecule has 0 aromatic rings. The summed E-state index contributed by atoms with van der Waals surface area (Å²) >= 11 is 0. The van der Waals surface area contributed by atoms with Gasteiger partial charge in [-0.2, -0.15) is 5.26 Å². The lowest BCUT2D eigenvalue weighted by atomic mass is 9.83. The molecule has 2 rings (SSSR count). The molecule has 134 valence electrons. The summed E-state index contributed by atoms with van der Waals surface area (Å²) in [5, 5.41) is 9.48. The van der Waals surface area contributed by atoms with Crippen LogP contribution >= 0.6 is 0 Å². The van der Waals surface area contributed by atoms with Crippen LogP contribution in [0.4, 0.5) is 0 Å². The first-order chi connectivity index (χ1) is 11.3. The summed E-state index contributed by atoms with van der Waals surface area (Å²) in [6.45, 7) is 14.1. The minimum Gasteiger partial charge on any atom is -0.298 e. The number of hydrogen-bond acceptors (Lipinski definition) is 2. The summed E-state index contributed by atoms with van der Waals surface area (Å²) in [6, 6.07) is 3.90. The summed E-state index contributed by atoms with van der Waals surface area (Å²) in [5.41, 5.74) is 2.35. The smallest absolute Gasteiger partial charge is 0.123 e. The second-order valence-electron chi connectivity index (χ2n) is 7.60. The predicted molar refractivity (Wildman–Crippen MR) is 103 cm³/mol. The molecule has 3 nitrogen and oxygen atoms in total. The van der Waals surface area contributed by atoms with Crippen LogP contribution in [0.1, 0.15) is 48.0 Å². The third kappa shape index (κ3) is 4.37. The van der Waals surface area contributed by atoms with Gasteiger partial charge in [-0.3, -0.25) is 9.38 Å². The lowest BCUT2D eigenvalue weighted by Gasteiger charge is -2.33. The Morgan fingerprint density at radius 3 is 2.25 bits per heavy atom. The van der Waals surface area contributed by atoms with Gasteiger partial charge in [0.2, 0.25) is 0 Å². The zero-order chi connectivity index (χ0) is 18.5. The Labute approximate surface area is 149 Å². The Morgan fingerprint density at radius 2 is 1.75 bits per heavy atom. The lowest BCUT2D eigenvalue weighted by molar-refractivity contribution is -0.854. The number of likely N-dealkylation sites (N-methyl/N-ethyl adjacent to an activating group) is 1. The molecule has 2 aliphatic rings. The van der Waals surface area contributed by atoms with Gasteiger partial charge < -0.3 is 0 Å². The molecule has 2 atom stereocenters. The Kier molecular flexibility index (Phi) is 7.45. The average molecular weight is 331 g/mol. The average Bonchev–Trinajstić information content (AvgIpc) is 2.80. The van der Waals surface area contributed by atoms with Crippen molar-refractivity contribution in [2.45, 2.75) is 66.1 Å². The molecular weight excluding hydrogens is 294 g/mol. The summed E-state index contributed by atoms with van der Waals surface area (Å²) < 4.78 is 0.846. The first-order valence-electron chi connectivity index (χ1n) is 9.37. The topological polar surface area (TPSA) is 27.0 Å². The second kappa shape index (κ2) is 8.65. The molecule has 1 aliphatic carbocycles. The molecule has 1 aliphatic heterocycles. The van der Waals surface area contributed by atoms with Crippen LogP contribution in [0.5, 0.6) is 0 Å². The fourth-order valence-electron chi connectivity index (χ4n) is 3.99. The summed E-state index contributed by atoms with van der Waals surface area (Å²) in [6.07, 6.45) is 9.72. The maximum atomic E-state index is 9.48. The monoisotopic (exact) mass is 330 g/mol. The van der Waals surface area contributed by atoms with E-state index in [0.29, 0.717) is 18.1 Å². The maximum Gasteiger partial charge on any atom is 0.123 e. The highest BCUT2D eigenvalue weighted by Crippen LogP contribution is 2.41. The maximum absolute atomic E-state index is 9.48. The number of hydrogen-bond donors (Lipinski definition) is 0. The van der Waals surface area contributed by atoms with E-state index in [4.69, 9.17) is 0 Å². The Balaban J connectivity index is 0.00000139. The van der Waals surface area contributed by atoms with Crippen molar-refractivity contribution in [3.63, 3.8) is 0 Å². The van der Waals surface area contributed by atoms with E-state index in [1.807, 2.05) is 26.0 Å². The molecule has 0 saturated heterocycles. The Morgan fingerprint density at radius 1 is 1.17 bits per heavy atom. The molecule has 24 heavy (non-hydrogen) atoms. The third-order valence-electron chi connectivity index (χ3n) is 5.04. The summed E-state index contributed by atoms with van der Waals surface area (Å²) in [7, 11) is 4.47. The normalized spacial score (nSPS) is 24.2. The number of nitrogens with zero attached hydrogens (tertiary/aromatic N) is 3.